The molecule has 0 spiro atoms. The van der Waals surface area contributed by atoms with E-state index in [2.05, 4.69) is 17.1 Å². The Morgan fingerprint density at radius 1 is 1.12 bits per heavy atom. The second-order valence-electron chi connectivity index (χ2n) is 5.17. The molecule has 0 radical (unpaired) electrons. The van der Waals surface area contributed by atoms with Gasteiger partial charge < -0.3 is 15.0 Å². The molecule has 2 fully saturated rings. The molecule has 0 aliphatic carbocycles. The molecular formula is C13H26N2O. The summed E-state index contributed by atoms with van der Waals surface area (Å²) in [5.74, 6) is 0.908. The van der Waals surface area contributed by atoms with Gasteiger partial charge in [0.05, 0.1) is 0 Å². The van der Waals surface area contributed by atoms with Crippen LogP contribution in [-0.2, 0) is 4.74 Å². The number of rotatable bonds is 4. The Bertz CT molecular complexity index is 184. The monoisotopic (exact) mass is 226 g/mol. The summed E-state index contributed by atoms with van der Waals surface area (Å²) in [5.41, 5.74) is 0. The van der Waals surface area contributed by atoms with Crippen LogP contribution < -0.4 is 5.32 Å². The number of hydrogen-bond acceptors (Lipinski definition) is 3. The van der Waals surface area contributed by atoms with E-state index in [1.807, 2.05) is 0 Å². The van der Waals surface area contributed by atoms with Crippen LogP contribution in [0.25, 0.3) is 0 Å². The second-order valence-corrected chi connectivity index (χ2v) is 5.17. The van der Waals surface area contributed by atoms with Crippen LogP contribution in [0, 0.1) is 5.92 Å². The minimum atomic E-state index is 0.720. The fourth-order valence-corrected chi connectivity index (χ4v) is 2.74. The van der Waals surface area contributed by atoms with Crippen molar-refractivity contribution in [3.8, 4) is 0 Å². The van der Waals surface area contributed by atoms with Crippen LogP contribution in [-0.4, -0.2) is 50.3 Å². The molecule has 3 nitrogen and oxygen atoms in total. The van der Waals surface area contributed by atoms with Crippen LogP contribution in [0.5, 0.6) is 0 Å². The van der Waals surface area contributed by atoms with E-state index in [1.54, 1.807) is 0 Å². The molecule has 2 aliphatic heterocycles. The fourth-order valence-electron chi connectivity index (χ4n) is 2.74. The normalized spacial score (nSPS) is 26.1. The first kappa shape index (κ1) is 12.3. The van der Waals surface area contributed by atoms with Crippen LogP contribution >= 0.6 is 0 Å². The highest BCUT2D eigenvalue weighted by molar-refractivity contribution is 4.76. The summed E-state index contributed by atoms with van der Waals surface area (Å²) in [6.45, 7) is 9.22. The summed E-state index contributed by atoms with van der Waals surface area (Å²) in [4.78, 5) is 2.56. The molecule has 2 rings (SSSR count). The Balaban J connectivity index is 1.59. The number of hydrogen-bond donors (Lipinski definition) is 1. The molecule has 2 saturated heterocycles. The Morgan fingerprint density at radius 3 is 2.44 bits per heavy atom. The highest BCUT2D eigenvalue weighted by atomic mass is 16.5. The van der Waals surface area contributed by atoms with Crippen LogP contribution in [0.1, 0.15) is 32.6 Å². The molecular weight excluding hydrogens is 200 g/mol. The number of nitrogens with zero attached hydrogens (tertiary/aromatic N) is 1. The van der Waals surface area contributed by atoms with Gasteiger partial charge >= 0.3 is 0 Å². The third kappa shape index (κ3) is 3.72. The van der Waals surface area contributed by atoms with Gasteiger partial charge in [-0.15, -0.1) is 0 Å². The highest BCUT2D eigenvalue weighted by Crippen LogP contribution is 2.16. The number of likely N-dealkylation sites (tertiary alicyclic amines) is 1. The minimum Gasteiger partial charge on any atom is -0.381 e. The van der Waals surface area contributed by atoms with Crippen LogP contribution in [0.15, 0.2) is 0 Å². The summed E-state index contributed by atoms with van der Waals surface area (Å²) < 4.78 is 5.37. The van der Waals surface area contributed by atoms with Crippen LogP contribution in [0.2, 0.25) is 0 Å². The van der Waals surface area contributed by atoms with E-state index in [0.717, 1.165) is 25.2 Å². The van der Waals surface area contributed by atoms with Crippen molar-refractivity contribution in [2.75, 3.05) is 39.4 Å². The van der Waals surface area contributed by atoms with Crippen LogP contribution in [0.3, 0.4) is 0 Å². The molecule has 0 saturated carbocycles. The summed E-state index contributed by atoms with van der Waals surface area (Å²) in [5, 5.41) is 3.73. The maximum absolute atomic E-state index is 5.37. The zero-order chi connectivity index (χ0) is 11.2. The van der Waals surface area contributed by atoms with E-state index in [-0.39, 0.29) is 0 Å². The third-order valence-corrected chi connectivity index (χ3v) is 4.07. The van der Waals surface area contributed by atoms with Gasteiger partial charge in [-0.05, 0) is 57.8 Å². The van der Waals surface area contributed by atoms with Crippen LogP contribution in [0.4, 0.5) is 0 Å². The van der Waals surface area contributed by atoms with E-state index in [9.17, 15) is 0 Å². The van der Waals surface area contributed by atoms with Gasteiger partial charge in [0.25, 0.3) is 0 Å². The summed E-state index contributed by atoms with van der Waals surface area (Å²) >= 11 is 0. The maximum atomic E-state index is 5.37. The maximum Gasteiger partial charge on any atom is 0.0480 e. The van der Waals surface area contributed by atoms with Gasteiger partial charge in [-0.3, -0.25) is 0 Å². The lowest BCUT2D eigenvalue weighted by Crippen LogP contribution is -2.41. The number of nitrogens with one attached hydrogen (secondary N) is 1. The van der Waals surface area contributed by atoms with Gasteiger partial charge in [0.2, 0.25) is 0 Å². The second kappa shape index (κ2) is 6.58. The molecule has 2 heterocycles. The number of ether oxygens (including phenoxy) is 1. The Kier molecular flexibility index (Phi) is 5.07. The van der Waals surface area contributed by atoms with E-state index in [4.69, 9.17) is 4.74 Å². The lowest BCUT2D eigenvalue weighted by Gasteiger charge is -2.32. The van der Waals surface area contributed by atoms with Gasteiger partial charge in [-0.1, -0.05) is 6.92 Å². The lowest BCUT2D eigenvalue weighted by molar-refractivity contribution is 0.0754. The molecule has 0 aromatic heterocycles. The average molecular weight is 226 g/mol. The Morgan fingerprint density at radius 2 is 1.81 bits per heavy atom. The van der Waals surface area contributed by atoms with Crippen molar-refractivity contribution in [1.29, 1.82) is 0 Å². The van der Waals surface area contributed by atoms with Crippen molar-refractivity contribution in [2.24, 2.45) is 5.92 Å². The van der Waals surface area contributed by atoms with Crippen molar-refractivity contribution in [3.63, 3.8) is 0 Å². The van der Waals surface area contributed by atoms with Gasteiger partial charge in [0.15, 0.2) is 0 Å². The van der Waals surface area contributed by atoms with Gasteiger partial charge in [-0.25, -0.2) is 0 Å². The van der Waals surface area contributed by atoms with E-state index >= 15 is 0 Å². The molecule has 0 atom stereocenters. The first-order valence-corrected chi connectivity index (χ1v) is 6.92. The fraction of sp³-hybridized carbons (Fsp3) is 1.00. The molecule has 0 amide bonds. The van der Waals surface area contributed by atoms with Gasteiger partial charge in [0, 0.05) is 19.3 Å². The molecule has 0 aromatic rings. The predicted octanol–water partition coefficient (Wildman–Crippen LogP) is 1.49. The Labute approximate surface area is 99.5 Å². The molecule has 0 bridgehead atoms. The number of piperidine rings is 1. The topological polar surface area (TPSA) is 24.5 Å². The van der Waals surface area contributed by atoms with Gasteiger partial charge in [-0.2, -0.15) is 0 Å². The van der Waals surface area contributed by atoms with Crippen molar-refractivity contribution in [3.05, 3.63) is 0 Å². The van der Waals surface area contributed by atoms with E-state index in [1.165, 1.54) is 51.9 Å². The Hall–Kier alpha value is -0.120. The highest BCUT2D eigenvalue weighted by Gasteiger charge is 2.19. The minimum absolute atomic E-state index is 0.720. The standard InChI is InChI=1S/C13H26N2O/c1-2-15-7-3-12(4-8-15)11-14-13-5-9-16-10-6-13/h12-14H,2-11H2,1H3. The zero-order valence-electron chi connectivity index (χ0n) is 10.6. The molecule has 94 valence electrons. The third-order valence-electron chi connectivity index (χ3n) is 4.07. The van der Waals surface area contributed by atoms with Crippen molar-refractivity contribution in [2.45, 2.75) is 38.6 Å². The largest absolute Gasteiger partial charge is 0.381 e. The molecule has 1 N–H and O–H groups in total. The SMILES string of the molecule is CCN1CCC(CNC2CCOCC2)CC1. The van der Waals surface area contributed by atoms with Gasteiger partial charge in [0.1, 0.15) is 0 Å². The zero-order valence-corrected chi connectivity index (χ0v) is 10.6. The van der Waals surface area contributed by atoms with Crippen molar-refractivity contribution >= 4 is 0 Å². The van der Waals surface area contributed by atoms with Crippen molar-refractivity contribution in [1.82, 2.24) is 10.2 Å². The van der Waals surface area contributed by atoms with E-state index in [0.29, 0.717) is 0 Å². The predicted molar refractivity (Wildman–Crippen MR) is 66.7 cm³/mol. The molecule has 0 aromatic carbocycles. The smallest absolute Gasteiger partial charge is 0.0480 e. The first-order valence-electron chi connectivity index (χ1n) is 6.92. The van der Waals surface area contributed by atoms with Crippen molar-refractivity contribution < 1.29 is 4.74 Å². The quantitative estimate of drug-likeness (QED) is 0.786. The summed E-state index contributed by atoms with van der Waals surface area (Å²) in [7, 11) is 0. The van der Waals surface area contributed by atoms with E-state index < -0.39 is 0 Å². The summed E-state index contributed by atoms with van der Waals surface area (Å²) in [6, 6.07) is 0.720. The molecule has 3 heteroatoms. The molecule has 0 unspecified atom stereocenters. The molecule has 16 heavy (non-hydrogen) atoms. The average Bonchev–Trinajstić information content (AvgIpc) is 2.38. The summed E-state index contributed by atoms with van der Waals surface area (Å²) in [6.07, 6.45) is 5.16. The first-order chi connectivity index (χ1) is 7.88. The molecule has 2 aliphatic rings. The lowest BCUT2D eigenvalue weighted by atomic mass is 9.96.